The van der Waals surface area contributed by atoms with Crippen LogP contribution in [0, 0.1) is 0 Å². The number of thiazole rings is 1. The molecule has 0 fully saturated rings. The first-order valence-corrected chi connectivity index (χ1v) is 6.20. The number of nitrogens with one attached hydrogen (secondary N) is 1. The summed E-state index contributed by atoms with van der Waals surface area (Å²) in [5, 5.41) is 22.5. The van der Waals surface area contributed by atoms with Gasteiger partial charge >= 0.3 is 5.97 Å². The number of hydrogen-bond acceptors (Lipinski definition) is 5. The fourth-order valence-corrected chi connectivity index (χ4v) is 2.14. The normalized spacial score (nSPS) is 10.1. The summed E-state index contributed by atoms with van der Waals surface area (Å²) >= 11 is 1.13. The minimum Gasteiger partial charge on any atom is -0.507 e. The Hall–Kier alpha value is -2.41. The first-order chi connectivity index (χ1) is 9.06. The molecule has 1 heterocycles. The van der Waals surface area contributed by atoms with Crippen LogP contribution in [-0.4, -0.2) is 27.1 Å². The van der Waals surface area contributed by atoms with Gasteiger partial charge in [-0.1, -0.05) is 12.1 Å². The van der Waals surface area contributed by atoms with Crippen molar-refractivity contribution in [1.29, 1.82) is 0 Å². The Labute approximate surface area is 112 Å². The maximum absolute atomic E-state index is 11.8. The van der Waals surface area contributed by atoms with Crippen molar-refractivity contribution in [2.75, 3.05) is 5.32 Å². The number of para-hydroxylation sites is 1. The number of carboxylic acids is 1. The third-order valence-corrected chi connectivity index (χ3v) is 3.06. The molecule has 7 heteroatoms. The van der Waals surface area contributed by atoms with Gasteiger partial charge in [-0.2, -0.15) is 0 Å². The summed E-state index contributed by atoms with van der Waals surface area (Å²) < 4.78 is 0. The molecule has 0 aliphatic carbocycles. The second-order valence-corrected chi connectivity index (χ2v) is 4.54. The number of carboxylic acid groups (broad SMARTS) is 1. The van der Waals surface area contributed by atoms with Gasteiger partial charge in [-0.05, 0) is 12.1 Å². The second-order valence-electron chi connectivity index (χ2n) is 3.69. The molecule has 1 aromatic heterocycles. The van der Waals surface area contributed by atoms with Gasteiger partial charge in [-0.25, -0.2) is 4.98 Å². The van der Waals surface area contributed by atoms with E-state index in [1.807, 2.05) is 0 Å². The largest absolute Gasteiger partial charge is 0.507 e. The summed E-state index contributed by atoms with van der Waals surface area (Å²) in [6, 6.07) is 6.13. The molecule has 0 aliphatic heterocycles. The number of aromatic nitrogens is 1. The number of hydrogen-bond donors (Lipinski definition) is 3. The molecule has 1 amide bonds. The Morgan fingerprint density at radius 2 is 2.05 bits per heavy atom. The van der Waals surface area contributed by atoms with Gasteiger partial charge in [0.2, 0.25) is 0 Å². The average molecular weight is 278 g/mol. The molecule has 0 atom stereocenters. The van der Waals surface area contributed by atoms with Gasteiger partial charge < -0.3 is 10.2 Å². The fourth-order valence-electron chi connectivity index (χ4n) is 1.43. The summed E-state index contributed by atoms with van der Waals surface area (Å²) in [6.07, 6.45) is -0.192. The molecule has 2 aromatic rings. The van der Waals surface area contributed by atoms with Gasteiger partial charge in [0.15, 0.2) is 5.13 Å². The van der Waals surface area contributed by atoms with E-state index in [0.717, 1.165) is 11.3 Å². The molecule has 0 unspecified atom stereocenters. The van der Waals surface area contributed by atoms with Crippen molar-refractivity contribution >= 4 is 28.3 Å². The maximum atomic E-state index is 11.8. The van der Waals surface area contributed by atoms with Crippen LogP contribution in [0.25, 0.3) is 0 Å². The molecule has 0 spiro atoms. The van der Waals surface area contributed by atoms with Crippen molar-refractivity contribution in [3.63, 3.8) is 0 Å². The van der Waals surface area contributed by atoms with Gasteiger partial charge in [0.25, 0.3) is 5.91 Å². The Balaban J connectivity index is 2.09. The Kier molecular flexibility index (Phi) is 3.76. The molecule has 0 bridgehead atoms. The lowest BCUT2D eigenvalue weighted by Gasteiger charge is -2.03. The molecule has 98 valence electrons. The number of nitrogens with zero attached hydrogens (tertiary/aromatic N) is 1. The van der Waals surface area contributed by atoms with Crippen molar-refractivity contribution < 1.29 is 19.8 Å². The Morgan fingerprint density at radius 3 is 2.74 bits per heavy atom. The highest BCUT2D eigenvalue weighted by molar-refractivity contribution is 7.14. The quantitative estimate of drug-likeness (QED) is 0.791. The number of rotatable bonds is 4. The summed E-state index contributed by atoms with van der Waals surface area (Å²) in [4.78, 5) is 26.3. The van der Waals surface area contributed by atoms with Crippen LogP contribution in [0.2, 0.25) is 0 Å². The smallest absolute Gasteiger partial charge is 0.309 e. The summed E-state index contributed by atoms with van der Waals surface area (Å²) in [5.41, 5.74) is 0.516. The number of anilines is 1. The minimum atomic E-state index is -0.983. The first kappa shape index (κ1) is 13.0. The van der Waals surface area contributed by atoms with Crippen LogP contribution in [0.1, 0.15) is 16.1 Å². The Morgan fingerprint density at radius 1 is 1.32 bits per heavy atom. The number of benzene rings is 1. The second kappa shape index (κ2) is 5.49. The zero-order valence-corrected chi connectivity index (χ0v) is 10.5. The lowest BCUT2D eigenvalue weighted by molar-refractivity contribution is -0.136. The summed E-state index contributed by atoms with van der Waals surface area (Å²) in [7, 11) is 0. The summed E-state index contributed by atoms with van der Waals surface area (Å²) in [5.74, 6) is -1.60. The molecular weight excluding hydrogens is 268 g/mol. The molecular formula is C12H10N2O4S. The molecule has 6 nitrogen and oxygen atoms in total. The predicted molar refractivity (Wildman–Crippen MR) is 69.5 cm³/mol. The highest BCUT2D eigenvalue weighted by Crippen LogP contribution is 2.20. The van der Waals surface area contributed by atoms with E-state index in [2.05, 4.69) is 10.3 Å². The van der Waals surface area contributed by atoms with Crippen molar-refractivity contribution in [1.82, 2.24) is 4.98 Å². The number of phenolic OH excluding ortho intramolecular Hbond substituents is 1. The SMILES string of the molecule is O=C(O)Cc1csc(NC(=O)c2ccccc2O)n1. The van der Waals surface area contributed by atoms with Gasteiger partial charge in [0.05, 0.1) is 17.7 Å². The van der Waals surface area contributed by atoms with Crippen LogP contribution in [0.5, 0.6) is 5.75 Å². The van der Waals surface area contributed by atoms with Crippen LogP contribution in [0.15, 0.2) is 29.6 Å². The molecule has 3 N–H and O–H groups in total. The van der Waals surface area contributed by atoms with E-state index in [4.69, 9.17) is 5.11 Å². The third-order valence-electron chi connectivity index (χ3n) is 2.25. The van der Waals surface area contributed by atoms with E-state index in [9.17, 15) is 14.7 Å². The fraction of sp³-hybridized carbons (Fsp3) is 0.0833. The van der Waals surface area contributed by atoms with Crippen LogP contribution >= 0.6 is 11.3 Å². The number of phenols is 1. The van der Waals surface area contributed by atoms with Gasteiger partial charge in [-0.15, -0.1) is 11.3 Å². The number of carbonyl (C=O) groups excluding carboxylic acids is 1. The van der Waals surface area contributed by atoms with Crippen molar-refractivity contribution in [2.24, 2.45) is 0 Å². The molecule has 0 radical (unpaired) electrons. The number of aromatic hydroxyl groups is 1. The maximum Gasteiger partial charge on any atom is 0.309 e. The number of aliphatic carboxylic acids is 1. The van der Waals surface area contributed by atoms with E-state index >= 15 is 0 Å². The molecule has 19 heavy (non-hydrogen) atoms. The minimum absolute atomic E-state index is 0.123. The van der Waals surface area contributed by atoms with Gasteiger partial charge in [0, 0.05) is 5.38 Å². The van der Waals surface area contributed by atoms with E-state index < -0.39 is 11.9 Å². The van der Waals surface area contributed by atoms with E-state index in [1.54, 1.807) is 17.5 Å². The topological polar surface area (TPSA) is 99.5 Å². The first-order valence-electron chi connectivity index (χ1n) is 5.32. The standard InChI is InChI=1S/C12H10N2O4S/c15-9-4-2-1-3-8(9)11(18)14-12-13-7(6-19-12)5-10(16)17/h1-4,6,15H,5H2,(H,16,17)(H,13,14,18). The molecule has 2 rings (SSSR count). The predicted octanol–water partition coefficient (Wildman–Crippen LogP) is 1.73. The Bertz CT molecular complexity index is 624. The third kappa shape index (κ3) is 3.29. The highest BCUT2D eigenvalue weighted by Gasteiger charge is 2.13. The van der Waals surface area contributed by atoms with Crippen molar-refractivity contribution in [2.45, 2.75) is 6.42 Å². The number of carbonyl (C=O) groups is 2. The van der Waals surface area contributed by atoms with E-state index in [0.29, 0.717) is 10.8 Å². The van der Waals surface area contributed by atoms with Crippen LogP contribution in [0.3, 0.4) is 0 Å². The highest BCUT2D eigenvalue weighted by atomic mass is 32.1. The van der Waals surface area contributed by atoms with Gasteiger partial charge in [0.1, 0.15) is 5.75 Å². The average Bonchev–Trinajstić information content (AvgIpc) is 2.76. The molecule has 1 aromatic carbocycles. The van der Waals surface area contributed by atoms with Crippen LogP contribution in [-0.2, 0) is 11.2 Å². The lowest BCUT2D eigenvalue weighted by Crippen LogP contribution is -2.12. The van der Waals surface area contributed by atoms with Gasteiger partial charge in [-0.3, -0.25) is 14.9 Å². The molecule has 0 saturated carbocycles. The van der Waals surface area contributed by atoms with E-state index in [-0.39, 0.29) is 17.7 Å². The molecule has 0 saturated heterocycles. The van der Waals surface area contributed by atoms with Crippen LogP contribution < -0.4 is 5.32 Å². The summed E-state index contributed by atoms with van der Waals surface area (Å²) in [6.45, 7) is 0. The monoisotopic (exact) mass is 278 g/mol. The van der Waals surface area contributed by atoms with Crippen molar-refractivity contribution in [3.8, 4) is 5.75 Å². The zero-order chi connectivity index (χ0) is 13.8. The van der Waals surface area contributed by atoms with Crippen molar-refractivity contribution in [3.05, 3.63) is 40.9 Å². The number of amides is 1. The van der Waals surface area contributed by atoms with E-state index in [1.165, 1.54) is 12.1 Å². The van der Waals surface area contributed by atoms with Crippen LogP contribution in [0.4, 0.5) is 5.13 Å². The lowest BCUT2D eigenvalue weighted by atomic mass is 10.2. The molecule has 0 aliphatic rings. The zero-order valence-electron chi connectivity index (χ0n) is 9.66.